The van der Waals surface area contributed by atoms with E-state index in [-0.39, 0.29) is 5.91 Å². The molecule has 0 atom stereocenters. The van der Waals surface area contributed by atoms with Gasteiger partial charge in [-0.05, 0) is 47.9 Å². The number of benzene rings is 1. The first-order valence-corrected chi connectivity index (χ1v) is 7.74. The molecule has 0 spiro atoms. The zero-order valence-electron chi connectivity index (χ0n) is 13.0. The second-order valence-electron chi connectivity index (χ2n) is 5.27. The predicted molar refractivity (Wildman–Crippen MR) is 93.2 cm³/mol. The smallest absolute Gasteiger partial charge is 0.258 e. The first-order chi connectivity index (χ1) is 12.1. The summed E-state index contributed by atoms with van der Waals surface area (Å²) in [5.74, 6) is 0.137. The van der Waals surface area contributed by atoms with Gasteiger partial charge in [-0.25, -0.2) is 4.98 Å². The van der Waals surface area contributed by atoms with E-state index in [2.05, 4.69) is 26.6 Å². The number of pyridine rings is 1. The Bertz CT molecular complexity index is 936. The van der Waals surface area contributed by atoms with Crippen LogP contribution in [0.5, 0.6) is 0 Å². The van der Waals surface area contributed by atoms with E-state index in [0.717, 1.165) is 11.1 Å². The summed E-state index contributed by atoms with van der Waals surface area (Å²) in [6.07, 6.45) is 5.10. The van der Waals surface area contributed by atoms with Gasteiger partial charge < -0.3 is 5.32 Å². The minimum Gasteiger partial charge on any atom is -0.307 e. The zero-order chi connectivity index (χ0) is 17.6. The quantitative estimate of drug-likeness (QED) is 0.780. The van der Waals surface area contributed by atoms with Crippen molar-refractivity contribution in [3.8, 4) is 6.07 Å². The van der Waals surface area contributed by atoms with Crippen molar-refractivity contribution < 1.29 is 4.79 Å². The maximum Gasteiger partial charge on any atom is 0.258 e. The van der Waals surface area contributed by atoms with E-state index in [4.69, 9.17) is 16.9 Å². The minimum absolute atomic E-state index is 0.302. The van der Waals surface area contributed by atoms with Crippen LogP contribution in [0.25, 0.3) is 0 Å². The molecule has 0 unspecified atom stereocenters. The van der Waals surface area contributed by atoms with Crippen molar-refractivity contribution in [1.29, 1.82) is 5.26 Å². The van der Waals surface area contributed by atoms with E-state index in [1.54, 1.807) is 30.5 Å². The van der Waals surface area contributed by atoms with Crippen LogP contribution in [-0.4, -0.2) is 21.1 Å². The largest absolute Gasteiger partial charge is 0.307 e. The van der Waals surface area contributed by atoms with Crippen LogP contribution in [0.3, 0.4) is 0 Å². The maximum atomic E-state index is 12.0. The van der Waals surface area contributed by atoms with Gasteiger partial charge in [-0.2, -0.15) is 15.5 Å². The van der Waals surface area contributed by atoms with Crippen LogP contribution in [0.4, 0.5) is 5.82 Å². The molecule has 0 saturated carbocycles. The number of nitrogens with one attached hydrogen (secondary N) is 1. The summed E-state index contributed by atoms with van der Waals surface area (Å²) in [4.78, 5) is 16.3. The molecular formula is C18H12ClN5O. The number of carbonyl (C=O) groups is 1. The second-order valence-corrected chi connectivity index (χ2v) is 5.71. The molecule has 122 valence electrons. The summed E-state index contributed by atoms with van der Waals surface area (Å²) in [7, 11) is 0. The molecule has 7 heteroatoms. The summed E-state index contributed by atoms with van der Waals surface area (Å²) < 4.78 is 0. The topological polar surface area (TPSA) is 91.6 Å². The Labute approximate surface area is 149 Å². The van der Waals surface area contributed by atoms with Crippen LogP contribution in [0.15, 0.2) is 55.0 Å². The first kappa shape index (κ1) is 16.6. The molecule has 0 aliphatic rings. The van der Waals surface area contributed by atoms with E-state index in [0.29, 0.717) is 28.4 Å². The molecule has 1 N–H and O–H groups in total. The standard InChI is InChI=1S/C18H12ClN5O/c19-16-7-13(6-14(8-16)9-20)5-12-1-2-17(21-10-12)24-18(25)15-3-4-22-23-11-15/h1-4,6-8,10-11H,5H2,(H,21,24,25). The average molecular weight is 350 g/mol. The molecule has 0 fully saturated rings. The molecule has 6 nitrogen and oxygen atoms in total. The van der Waals surface area contributed by atoms with Crippen LogP contribution < -0.4 is 5.32 Å². The molecular weight excluding hydrogens is 338 g/mol. The first-order valence-electron chi connectivity index (χ1n) is 7.36. The minimum atomic E-state index is -0.302. The number of hydrogen-bond donors (Lipinski definition) is 1. The van der Waals surface area contributed by atoms with Crippen LogP contribution in [0, 0.1) is 11.3 Å². The Hall–Kier alpha value is -3.30. The number of amides is 1. The van der Waals surface area contributed by atoms with Crippen molar-refractivity contribution in [2.24, 2.45) is 0 Å². The monoisotopic (exact) mass is 349 g/mol. The summed E-state index contributed by atoms with van der Waals surface area (Å²) >= 11 is 6.01. The summed E-state index contributed by atoms with van der Waals surface area (Å²) in [6.45, 7) is 0. The van der Waals surface area contributed by atoms with Crippen LogP contribution in [-0.2, 0) is 6.42 Å². The molecule has 2 aromatic heterocycles. The fraction of sp³-hybridized carbons (Fsp3) is 0.0556. The molecule has 0 saturated heterocycles. The lowest BCUT2D eigenvalue weighted by Gasteiger charge is -2.06. The molecule has 1 amide bonds. The average Bonchev–Trinajstić information content (AvgIpc) is 2.63. The summed E-state index contributed by atoms with van der Waals surface area (Å²) in [6, 6.07) is 12.5. The molecule has 0 bridgehead atoms. The number of carbonyl (C=O) groups excluding carboxylic acids is 1. The van der Waals surface area contributed by atoms with Gasteiger partial charge in [0.25, 0.3) is 5.91 Å². The van der Waals surface area contributed by atoms with Crippen LogP contribution >= 0.6 is 11.6 Å². The highest BCUT2D eigenvalue weighted by molar-refractivity contribution is 6.30. The van der Waals surface area contributed by atoms with Crippen molar-refractivity contribution in [3.05, 3.63) is 82.3 Å². The van der Waals surface area contributed by atoms with Gasteiger partial charge in [-0.1, -0.05) is 17.7 Å². The number of hydrogen-bond acceptors (Lipinski definition) is 5. The lowest BCUT2D eigenvalue weighted by Crippen LogP contribution is -2.13. The number of nitrogens with zero attached hydrogens (tertiary/aromatic N) is 4. The van der Waals surface area contributed by atoms with Gasteiger partial charge in [0.05, 0.1) is 29.6 Å². The Kier molecular flexibility index (Phi) is 4.97. The third-order valence-electron chi connectivity index (χ3n) is 3.41. The van der Waals surface area contributed by atoms with Crippen molar-refractivity contribution in [2.45, 2.75) is 6.42 Å². The van der Waals surface area contributed by atoms with E-state index in [1.807, 2.05) is 12.1 Å². The van der Waals surface area contributed by atoms with Crippen molar-refractivity contribution in [3.63, 3.8) is 0 Å². The Balaban J connectivity index is 1.69. The normalized spacial score (nSPS) is 10.1. The van der Waals surface area contributed by atoms with Gasteiger partial charge in [0.1, 0.15) is 5.82 Å². The highest BCUT2D eigenvalue weighted by atomic mass is 35.5. The van der Waals surface area contributed by atoms with Gasteiger partial charge in [0, 0.05) is 11.2 Å². The number of aromatic nitrogens is 3. The maximum absolute atomic E-state index is 12.0. The van der Waals surface area contributed by atoms with Crippen molar-refractivity contribution >= 4 is 23.3 Å². The van der Waals surface area contributed by atoms with Gasteiger partial charge in [0.15, 0.2) is 0 Å². The van der Waals surface area contributed by atoms with Gasteiger partial charge >= 0.3 is 0 Å². The Morgan fingerprint density at radius 2 is 2.00 bits per heavy atom. The lowest BCUT2D eigenvalue weighted by atomic mass is 10.0. The van der Waals surface area contributed by atoms with Gasteiger partial charge in [-0.3, -0.25) is 4.79 Å². The fourth-order valence-corrected chi connectivity index (χ4v) is 2.53. The lowest BCUT2D eigenvalue weighted by molar-refractivity contribution is 0.102. The number of anilines is 1. The molecule has 1 aromatic carbocycles. The summed E-state index contributed by atoms with van der Waals surface area (Å²) in [5, 5.41) is 19.5. The molecule has 3 rings (SSSR count). The molecule has 25 heavy (non-hydrogen) atoms. The third kappa shape index (κ3) is 4.37. The molecule has 0 radical (unpaired) electrons. The molecule has 3 aromatic rings. The number of rotatable bonds is 4. The zero-order valence-corrected chi connectivity index (χ0v) is 13.7. The van der Waals surface area contributed by atoms with E-state index < -0.39 is 0 Å². The highest BCUT2D eigenvalue weighted by Gasteiger charge is 2.07. The number of nitriles is 1. The van der Waals surface area contributed by atoms with Crippen molar-refractivity contribution in [1.82, 2.24) is 15.2 Å². The number of halogens is 1. The van der Waals surface area contributed by atoms with Gasteiger partial charge in [-0.15, -0.1) is 0 Å². The predicted octanol–water partition coefficient (Wildman–Crippen LogP) is 3.24. The highest BCUT2D eigenvalue weighted by Crippen LogP contribution is 2.18. The molecule has 0 aliphatic heterocycles. The third-order valence-corrected chi connectivity index (χ3v) is 3.63. The molecule has 0 aliphatic carbocycles. The SMILES string of the molecule is N#Cc1cc(Cl)cc(Cc2ccc(NC(=O)c3ccnnc3)nc2)c1. The van der Waals surface area contributed by atoms with E-state index in [1.165, 1.54) is 12.4 Å². The van der Waals surface area contributed by atoms with Gasteiger partial charge in [0.2, 0.25) is 0 Å². The van der Waals surface area contributed by atoms with E-state index >= 15 is 0 Å². The van der Waals surface area contributed by atoms with E-state index in [9.17, 15) is 4.79 Å². The Morgan fingerprint density at radius 3 is 2.68 bits per heavy atom. The van der Waals surface area contributed by atoms with Crippen LogP contribution in [0.1, 0.15) is 27.0 Å². The summed E-state index contributed by atoms with van der Waals surface area (Å²) in [5.41, 5.74) is 2.79. The van der Waals surface area contributed by atoms with Crippen LogP contribution in [0.2, 0.25) is 5.02 Å². The Morgan fingerprint density at radius 1 is 1.12 bits per heavy atom. The second kappa shape index (κ2) is 7.51. The van der Waals surface area contributed by atoms with Crippen molar-refractivity contribution in [2.75, 3.05) is 5.32 Å². The molecule has 2 heterocycles. The fourth-order valence-electron chi connectivity index (χ4n) is 2.27.